The maximum atomic E-state index is 11.5. The normalized spacial score (nSPS) is 15.9. The van der Waals surface area contributed by atoms with Gasteiger partial charge in [0.2, 0.25) is 5.91 Å². The van der Waals surface area contributed by atoms with Crippen LogP contribution in [0.3, 0.4) is 0 Å². The Morgan fingerprint density at radius 1 is 1.41 bits per heavy atom. The highest BCUT2D eigenvalue weighted by atomic mass is 16.3. The second-order valence-electron chi connectivity index (χ2n) is 4.18. The van der Waals surface area contributed by atoms with Gasteiger partial charge >= 0.3 is 0 Å². The molecule has 4 heteroatoms. The summed E-state index contributed by atoms with van der Waals surface area (Å²) in [6.45, 7) is 3.79. The van der Waals surface area contributed by atoms with Crippen LogP contribution in [0.25, 0.3) is 0 Å². The van der Waals surface area contributed by atoms with Crippen molar-refractivity contribution in [3.8, 4) is 5.75 Å². The third-order valence-corrected chi connectivity index (χ3v) is 2.72. The maximum Gasteiger partial charge on any atom is 0.243 e. The summed E-state index contributed by atoms with van der Waals surface area (Å²) in [5.74, 6) is 0.172. The van der Waals surface area contributed by atoms with Gasteiger partial charge in [-0.1, -0.05) is 12.2 Å². The zero-order chi connectivity index (χ0) is 12.3. The Morgan fingerprint density at radius 2 is 2.06 bits per heavy atom. The van der Waals surface area contributed by atoms with Gasteiger partial charge in [0.25, 0.3) is 0 Å². The first-order chi connectivity index (χ1) is 8.15. The number of rotatable bonds is 3. The number of phenols is 1. The van der Waals surface area contributed by atoms with Crippen LogP contribution in [-0.4, -0.2) is 17.2 Å². The van der Waals surface area contributed by atoms with E-state index in [-0.39, 0.29) is 17.6 Å². The lowest BCUT2D eigenvalue weighted by molar-refractivity contribution is -0.126. The molecule has 88 valence electrons. The molecular weight excluding hydrogens is 216 g/mol. The van der Waals surface area contributed by atoms with Crippen LogP contribution in [0.4, 0.5) is 0 Å². The Kier molecular flexibility index (Phi) is 3.23. The Bertz CT molecular complexity index is 455. The monoisotopic (exact) mass is 230 g/mol. The second-order valence-corrected chi connectivity index (χ2v) is 4.18. The standard InChI is InChI=1S/C13H14N2O2/c1-9-6-11(7-9)13(17)15-14-8-10-2-4-12(16)5-3-10/h2-5,8,11,16H,1,6-7H2,(H,15,17). The Balaban J connectivity index is 1.83. The number of nitrogens with zero attached hydrogens (tertiary/aromatic N) is 1. The number of carbonyl (C=O) groups excluding carboxylic acids is 1. The molecule has 0 atom stereocenters. The van der Waals surface area contributed by atoms with E-state index >= 15 is 0 Å². The molecule has 0 aromatic heterocycles. The highest BCUT2D eigenvalue weighted by molar-refractivity contribution is 5.84. The first-order valence-electron chi connectivity index (χ1n) is 5.44. The minimum Gasteiger partial charge on any atom is -0.508 e. The van der Waals surface area contributed by atoms with E-state index in [4.69, 9.17) is 5.11 Å². The summed E-state index contributed by atoms with van der Waals surface area (Å²) in [5.41, 5.74) is 4.43. The lowest BCUT2D eigenvalue weighted by Gasteiger charge is -2.25. The summed E-state index contributed by atoms with van der Waals surface area (Å²) in [7, 11) is 0. The lowest BCUT2D eigenvalue weighted by atomic mass is 9.81. The van der Waals surface area contributed by atoms with Gasteiger partial charge in [-0.2, -0.15) is 5.10 Å². The molecule has 1 aromatic carbocycles. The zero-order valence-corrected chi connectivity index (χ0v) is 9.39. The Labute approximate surface area is 99.7 Å². The van der Waals surface area contributed by atoms with Gasteiger partial charge in [0.05, 0.1) is 6.21 Å². The number of allylic oxidation sites excluding steroid dienone is 1. The predicted octanol–water partition coefficient (Wildman–Crippen LogP) is 1.81. The van der Waals surface area contributed by atoms with Crippen LogP contribution in [0.15, 0.2) is 41.5 Å². The fourth-order valence-corrected chi connectivity index (χ4v) is 1.64. The quantitative estimate of drug-likeness (QED) is 0.472. The number of hydrazone groups is 1. The summed E-state index contributed by atoms with van der Waals surface area (Å²) < 4.78 is 0. The van der Waals surface area contributed by atoms with Crippen molar-refractivity contribution in [1.29, 1.82) is 0 Å². The van der Waals surface area contributed by atoms with Crippen molar-refractivity contribution in [3.05, 3.63) is 42.0 Å². The molecule has 0 aliphatic heterocycles. The number of hydrogen-bond acceptors (Lipinski definition) is 3. The van der Waals surface area contributed by atoms with Gasteiger partial charge < -0.3 is 5.11 Å². The predicted molar refractivity (Wildman–Crippen MR) is 65.7 cm³/mol. The van der Waals surface area contributed by atoms with Crippen molar-refractivity contribution in [3.63, 3.8) is 0 Å². The van der Waals surface area contributed by atoms with Crippen LogP contribution >= 0.6 is 0 Å². The van der Waals surface area contributed by atoms with Crippen molar-refractivity contribution < 1.29 is 9.90 Å². The van der Waals surface area contributed by atoms with E-state index < -0.39 is 0 Å². The number of nitrogens with one attached hydrogen (secondary N) is 1. The van der Waals surface area contributed by atoms with E-state index in [2.05, 4.69) is 17.1 Å². The molecule has 1 saturated carbocycles. The van der Waals surface area contributed by atoms with Gasteiger partial charge in [-0.25, -0.2) is 5.43 Å². The summed E-state index contributed by atoms with van der Waals surface area (Å²) in [6, 6.07) is 6.57. The Hall–Kier alpha value is -2.10. The van der Waals surface area contributed by atoms with Crippen LogP contribution in [0.2, 0.25) is 0 Å². The molecular formula is C13H14N2O2. The average Bonchev–Trinajstić information content (AvgIpc) is 2.27. The molecule has 0 unspecified atom stereocenters. The number of phenolic OH excluding ortho intramolecular Hbond substituents is 1. The second kappa shape index (κ2) is 4.82. The van der Waals surface area contributed by atoms with Gasteiger partial charge in [0.15, 0.2) is 0 Å². The topological polar surface area (TPSA) is 61.7 Å². The third-order valence-electron chi connectivity index (χ3n) is 2.72. The first kappa shape index (κ1) is 11.4. The van der Waals surface area contributed by atoms with Crippen LogP contribution in [0.1, 0.15) is 18.4 Å². The summed E-state index contributed by atoms with van der Waals surface area (Å²) in [5, 5.41) is 12.9. The van der Waals surface area contributed by atoms with E-state index in [1.807, 2.05) is 0 Å². The van der Waals surface area contributed by atoms with E-state index in [1.165, 1.54) is 0 Å². The van der Waals surface area contributed by atoms with Crippen LogP contribution < -0.4 is 5.43 Å². The maximum absolute atomic E-state index is 11.5. The zero-order valence-electron chi connectivity index (χ0n) is 9.39. The number of carbonyl (C=O) groups is 1. The molecule has 4 nitrogen and oxygen atoms in total. The van der Waals surface area contributed by atoms with Gasteiger partial charge in [-0.05, 0) is 42.7 Å². The first-order valence-corrected chi connectivity index (χ1v) is 5.44. The molecule has 2 rings (SSSR count). The number of benzene rings is 1. The molecule has 0 radical (unpaired) electrons. The largest absolute Gasteiger partial charge is 0.508 e. The SMILES string of the molecule is C=C1CC(C(=O)NN=Cc2ccc(O)cc2)C1. The lowest BCUT2D eigenvalue weighted by Crippen LogP contribution is -2.32. The summed E-state index contributed by atoms with van der Waals surface area (Å²) in [4.78, 5) is 11.5. The van der Waals surface area contributed by atoms with E-state index in [9.17, 15) is 4.79 Å². The van der Waals surface area contributed by atoms with Gasteiger partial charge in [-0.3, -0.25) is 4.79 Å². The van der Waals surface area contributed by atoms with Crippen LogP contribution in [0, 0.1) is 5.92 Å². The summed E-state index contributed by atoms with van der Waals surface area (Å²) in [6.07, 6.45) is 3.08. The van der Waals surface area contributed by atoms with E-state index in [0.717, 1.165) is 24.0 Å². The molecule has 0 saturated heterocycles. The minimum absolute atomic E-state index is 0.0273. The molecule has 17 heavy (non-hydrogen) atoms. The molecule has 1 fully saturated rings. The molecule has 0 spiro atoms. The van der Waals surface area contributed by atoms with Crippen molar-refractivity contribution in [2.45, 2.75) is 12.8 Å². The van der Waals surface area contributed by atoms with E-state index in [1.54, 1.807) is 30.5 Å². The molecule has 2 N–H and O–H groups in total. The fraction of sp³-hybridized carbons (Fsp3) is 0.231. The van der Waals surface area contributed by atoms with Crippen molar-refractivity contribution in [1.82, 2.24) is 5.43 Å². The van der Waals surface area contributed by atoms with Crippen LogP contribution in [0.5, 0.6) is 5.75 Å². The highest BCUT2D eigenvalue weighted by Gasteiger charge is 2.27. The molecule has 1 aliphatic rings. The smallest absolute Gasteiger partial charge is 0.243 e. The Morgan fingerprint density at radius 3 is 2.65 bits per heavy atom. The highest BCUT2D eigenvalue weighted by Crippen LogP contribution is 2.31. The molecule has 0 bridgehead atoms. The minimum atomic E-state index is -0.0626. The van der Waals surface area contributed by atoms with Gasteiger partial charge in [-0.15, -0.1) is 0 Å². The van der Waals surface area contributed by atoms with Crippen molar-refractivity contribution in [2.24, 2.45) is 11.0 Å². The number of hydrogen-bond donors (Lipinski definition) is 2. The number of aromatic hydroxyl groups is 1. The van der Waals surface area contributed by atoms with Gasteiger partial charge in [0, 0.05) is 5.92 Å². The molecule has 1 amide bonds. The van der Waals surface area contributed by atoms with Crippen molar-refractivity contribution in [2.75, 3.05) is 0 Å². The van der Waals surface area contributed by atoms with Crippen LogP contribution in [-0.2, 0) is 4.79 Å². The molecule has 0 heterocycles. The summed E-state index contributed by atoms with van der Waals surface area (Å²) >= 11 is 0. The third kappa shape index (κ3) is 2.93. The van der Waals surface area contributed by atoms with Crippen molar-refractivity contribution >= 4 is 12.1 Å². The fourth-order valence-electron chi connectivity index (χ4n) is 1.64. The van der Waals surface area contributed by atoms with E-state index in [0.29, 0.717) is 0 Å². The number of amides is 1. The van der Waals surface area contributed by atoms with Gasteiger partial charge in [0.1, 0.15) is 5.75 Å². The molecule has 1 aromatic rings. The molecule has 1 aliphatic carbocycles. The average molecular weight is 230 g/mol.